The van der Waals surface area contributed by atoms with Crippen LogP contribution in [0.3, 0.4) is 0 Å². The minimum atomic E-state index is -0.710. The number of barbiturate groups is 1. The van der Waals surface area contributed by atoms with Crippen LogP contribution < -0.4 is 15.1 Å². The van der Waals surface area contributed by atoms with E-state index in [0.29, 0.717) is 11.3 Å². The molecule has 2 aromatic carbocycles. The lowest BCUT2D eigenvalue weighted by molar-refractivity contribution is -0.122. The molecular formula is C31H34BrN3O3. The number of rotatable bonds is 6. The quantitative estimate of drug-likeness (QED) is 0.318. The topological polar surface area (TPSA) is 69.7 Å². The maximum absolute atomic E-state index is 13.5. The van der Waals surface area contributed by atoms with Crippen molar-refractivity contribution < 1.29 is 14.4 Å². The summed E-state index contributed by atoms with van der Waals surface area (Å²) in [6.45, 7) is 5.93. The normalized spacial score (nSPS) is 29.2. The van der Waals surface area contributed by atoms with Crippen LogP contribution in [0.25, 0.3) is 6.08 Å². The SMILES string of the molecule is CCN(CC)c1ccc(/C=C2\C(=O)NC(=O)N(c3ccc(C45CC6CC(CC(C6)C4)C5)cc3)C2=O)cc1Br. The molecule has 0 radical (unpaired) electrons. The Bertz CT molecular complexity index is 1290. The maximum Gasteiger partial charge on any atom is 0.335 e. The van der Waals surface area contributed by atoms with Gasteiger partial charge in [0.15, 0.2) is 0 Å². The van der Waals surface area contributed by atoms with Crippen LogP contribution in [0.15, 0.2) is 52.5 Å². The zero-order chi connectivity index (χ0) is 26.6. The Morgan fingerprint density at radius 2 is 1.55 bits per heavy atom. The van der Waals surface area contributed by atoms with Crippen molar-refractivity contribution in [1.29, 1.82) is 0 Å². The first-order valence-electron chi connectivity index (χ1n) is 13.9. The summed E-state index contributed by atoms with van der Waals surface area (Å²) in [6.07, 6.45) is 9.48. The molecule has 1 N–H and O–H groups in total. The van der Waals surface area contributed by atoms with Crippen molar-refractivity contribution in [2.24, 2.45) is 17.8 Å². The molecule has 7 rings (SSSR count). The first-order valence-corrected chi connectivity index (χ1v) is 14.7. The van der Waals surface area contributed by atoms with E-state index in [-0.39, 0.29) is 11.0 Å². The smallest absolute Gasteiger partial charge is 0.335 e. The molecule has 0 spiro atoms. The van der Waals surface area contributed by atoms with Gasteiger partial charge in [-0.1, -0.05) is 18.2 Å². The van der Waals surface area contributed by atoms with Crippen molar-refractivity contribution in [3.63, 3.8) is 0 Å². The van der Waals surface area contributed by atoms with Gasteiger partial charge in [0, 0.05) is 17.6 Å². The van der Waals surface area contributed by atoms with E-state index in [1.807, 2.05) is 30.3 Å². The van der Waals surface area contributed by atoms with E-state index in [0.717, 1.165) is 45.9 Å². The van der Waals surface area contributed by atoms with Gasteiger partial charge in [0.25, 0.3) is 11.8 Å². The number of hydrogen-bond donors (Lipinski definition) is 1. The monoisotopic (exact) mass is 575 g/mol. The number of hydrogen-bond acceptors (Lipinski definition) is 4. The molecule has 38 heavy (non-hydrogen) atoms. The lowest BCUT2D eigenvalue weighted by Gasteiger charge is -2.57. The molecule has 7 heteroatoms. The Morgan fingerprint density at radius 1 is 0.947 bits per heavy atom. The second-order valence-corrected chi connectivity index (χ2v) is 12.4. The first-order chi connectivity index (χ1) is 18.3. The fourth-order valence-corrected chi connectivity index (χ4v) is 8.57. The molecule has 4 amide bonds. The largest absolute Gasteiger partial charge is 0.371 e. The summed E-state index contributed by atoms with van der Waals surface area (Å²) < 4.78 is 0.882. The van der Waals surface area contributed by atoms with Crippen molar-refractivity contribution >= 4 is 51.2 Å². The van der Waals surface area contributed by atoms with Crippen LogP contribution in [0.1, 0.15) is 63.5 Å². The minimum absolute atomic E-state index is 0.0581. The van der Waals surface area contributed by atoms with Crippen molar-refractivity contribution in [2.45, 2.75) is 57.8 Å². The minimum Gasteiger partial charge on any atom is -0.371 e. The summed E-state index contributed by atoms with van der Waals surface area (Å²) in [7, 11) is 0. The zero-order valence-corrected chi connectivity index (χ0v) is 23.6. The third kappa shape index (κ3) is 4.29. The Kier molecular flexibility index (Phi) is 6.45. The molecule has 0 aromatic heterocycles. The highest BCUT2D eigenvalue weighted by atomic mass is 79.9. The molecule has 6 nitrogen and oxygen atoms in total. The van der Waals surface area contributed by atoms with Gasteiger partial charge in [0.05, 0.1) is 11.4 Å². The van der Waals surface area contributed by atoms with E-state index in [9.17, 15) is 14.4 Å². The van der Waals surface area contributed by atoms with Gasteiger partial charge in [-0.15, -0.1) is 0 Å². The summed E-state index contributed by atoms with van der Waals surface area (Å²) >= 11 is 3.63. The molecule has 0 unspecified atom stereocenters. The Hall–Kier alpha value is -2.93. The number of carbonyl (C=O) groups is 3. The number of imide groups is 2. The van der Waals surface area contributed by atoms with Crippen LogP contribution in [-0.2, 0) is 15.0 Å². The molecule has 4 aliphatic carbocycles. The lowest BCUT2D eigenvalue weighted by Crippen LogP contribution is -2.54. The number of anilines is 2. The van der Waals surface area contributed by atoms with Crippen molar-refractivity contribution in [2.75, 3.05) is 22.9 Å². The summed E-state index contributed by atoms with van der Waals surface area (Å²) in [4.78, 5) is 42.2. The molecule has 1 heterocycles. The Balaban J connectivity index is 1.26. The summed E-state index contributed by atoms with van der Waals surface area (Å²) in [5, 5.41) is 2.35. The van der Waals surface area contributed by atoms with E-state index >= 15 is 0 Å². The van der Waals surface area contributed by atoms with Crippen LogP contribution >= 0.6 is 15.9 Å². The fraction of sp³-hybridized carbons (Fsp3) is 0.452. The molecule has 198 valence electrons. The van der Waals surface area contributed by atoms with Gasteiger partial charge < -0.3 is 4.90 Å². The highest BCUT2D eigenvalue weighted by Gasteiger charge is 2.51. The molecule has 5 aliphatic rings. The Labute approximate surface area is 232 Å². The number of halogens is 1. The third-order valence-corrected chi connectivity index (χ3v) is 9.90. The average Bonchev–Trinajstić information content (AvgIpc) is 2.88. The molecule has 4 bridgehead atoms. The van der Waals surface area contributed by atoms with Gasteiger partial charge in [0.1, 0.15) is 5.57 Å². The predicted molar refractivity (Wildman–Crippen MR) is 153 cm³/mol. The van der Waals surface area contributed by atoms with E-state index < -0.39 is 17.8 Å². The number of nitrogens with zero attached hydrogens (tertiary/aromatic N) is 2. The highest BCUT2D eigenvalue weighted by molar-refractivity contribution is 9.10. The van der Waals surface area contributed by atoms with E-state index in [1.165, 1.54) is 44.1 Å². The van der Waals surface area contributed by atoms with Crippen LogP contribution in [0, 0.1) is 17.8 Å². The summed E-state index contributed by atoms with van der Waals surface area (Å²) in [5.41, 5.74) is 3.75. The number of carbonyl (C=O) groups excluding carboxylic acids is 3. The summed E-state index contributed by atoms with van der Waals surface area (Å²) in [5.74, 6) is 1.25. The van der Waals surface area contributed by atoms with Crippen molar-refractivity contribution in [3.8, 4) is 0 Å². The number of benzene rings is 2. The van der Waals surface area contributed by atoms with E-state index in [1.54, 1.807) is 6.08 Å². The second kappa shape index (κ2) is 9.67. The first kappa shape index (κ1) is 25.4. The van der Waals surface area contributed by atoms with Gasteiger partial charge in [0.2, 0.25) is 0 Å². The van der Waals surface area contributed by atoms with E-state index in [2.05, 4.69) is 52.1 Å². The van der Waals surface area contributed by atoms with Crippen LogP contribution in [-0.4, -0.2) is 30.9 Å². The number of nitrogens with one attached hydrogen (secondary N) is 1. The van der Waals surface area contributed by atoms with Crippen molar-refractivity contribution in [1.82, 2.24) is 5.32 Å². The van der Waals surface area contributed by atoms with Crippen molar-refractivity contribution in [3.05, 3.63) is 63.6 Å². The van der Waals surface area contributed by atoms with Crippen LogP contribution in [0.4, 0.5) is 16.2 Å². The van der Waals surface area contributed by atoms with Crippen LogP contribution in [0.5, 0.6) is 0 Å². The third-order valence-electron chi connectivity index (χ3n) is 9.26. The fourth-order valence-electron chi connectivity index (χ4n) is 7.92. The summed E-state index contributed by atoms with van der Waals surface area (Å²) in [6, 6.07) is 13.0. The highest BCUT2D eigenvalue weighted by Crippen LogP contribution is 2.60. The van der Waals surface area contributed by atoms with Gasteiger partial charge in [-0.2, -0.15) is 0 Å². The maximum atomic E-state index is 13.5. The molecule has 1 saturated heterocycles. The van der Waals surface area contributed by atoms with Gasteiger partial charge in [-0.25, -0.2) is 9.69 Å². The van der Waals surface area contributed by atoms with Gasteiger partial charge >= 0.3 is 6.03 Å². The Morgan fingerprint density at radius 3 is 2.11 bits per heavy atom. The van der Waals surface area contributed by atoms with Crippen LogP contribution in [0.2, 0.25) is 0 Å². The van der Waals surface area contributed by atoms with Gasteiger partial charge in [-0.05, 0) is 133 Å². The predicted octanol–water partition coefficient (Wildman–Crippen LogP) is 6.43. The molecular weight excluding hydrogens is 542 g/mol. The average molecular weight is 577 g/mol. The molecule has 2 aromatic rings. The lowest BCUT2D eigenvalue weighted by atomic mass is 9.48. The molecule has 4 saturated carbocycles. The van der Waals surface area contributed by atoms with Gasteiger partial charge in [-0.3, -0.25) is 14.9 Å². The molecule has 5 fully saturated rings. The zero-order valence-electron chi connectivity index (χ0n) is 22.0. The second-order valence-electron chi connectivity index (χ2n) is 11.6. The number of urea groups is 1. The number of amides is 4. The molecule has 0 atom stereocenters. The van der Waals surface area contributed by atoms with E-state index in [4.69, 9.17) is 0 Å². The molecule has 1 aliphatic heterocycles. The standard InChI is InChI=1S/C31H34BrN3O3/c1-3-34(4-2)27-10-5-19(15-26(27)32)14-25-28(36)33-30(38)35(29(25)37)24-8-6-23(7-9-24)31-16-20-11-21(17-31)13-22(12-20)18-31/h5-10,14-15,20-22H,3-4,11-13,16-18H2,1-2H3,(H,33,36,38)/b25-14+.